The molecule has 4 nitrogen and oxygen atoms in total. The number of nitrogens with zero attached hydrogens (tertiary/aromatic N) is 1. The number of hydrogen-bond donors (Lipinski definition) is 2. The second-order valence-corrected chi connectivity index (χ2v) is 5.20. The molecule has 0 amide bonds. The molecule has 0 spiro atoms. The van der Waals surface area contributed by atoms with Crippen LogP contribution in [0.3, 0.4) is 0 Å². The Bertz CT molecular complexity index is 217. The van der Waals surface area contributed by atoms with Gasteiger partial charge in [-0.15, -0.1) is 0 Å². The van der Waals surface area contributed by atoms with E-state index in [4.69, 9.17) is 5.11 Å². The van der Waals surface area contributed by atoms with Crippen LogP contribution in [0.4, 0.5) is 0 Å². The third kappa shape index (κ3) is 5.47. The van der Waals surface area contributed by atoms with Gasteiger partial charge in [0.25, 0.3) is 0 Å². The lowest BCUT2D eigenvalue weighted by atomic mass is 9.98. The summed E-state index contributed by atoms with van der Waals surface area (Å²) in [6.45, 7) is 8.91. The zero-order chi connectivity index (χ0) is 12.9. The summed E-state index contributed by atoms with van der Waals surface area (Å²) in [5.74, 6) is -0.610. The molecule has 3 atom stereocenters. The summed E-state index contributed by atoms with van der Waals surface area (Å²) in [4.78, 5) is 13.0. The fraction of sp³-hybridized carbons (Fsp3) is 0.917. The van der Waals surface area contributed by atoms with Gasteiger partial charge in [0.05, 0.1) is 5.92 Å². The number of carboxylic acid groups (broad SMARTS) is 1. The molecule has 0 aliphatic carbocycles. The number of nitrogens with one attached hydrogen (secondary N) is 1. The minimum Gasteiger partial charge on any atom is -0.481 e. The molecule has 2 N–H and O–H groups in total. The Morgan fingerprint density at radius 3 is 2.06 bits per heavy atom. The molecule has 0 aliphatic rings. The second kappa shape index (κ2) is 6.86. The molecule has 0 saturated carbocycles. The molecule has 0 aromatic carbocycles. The Kier molecular flexibility index (Phi) is 6.60. The molecule has 0 aliphatic heterocycles. The summed E-state index contributed by atoms with van der Waals surface area (Å²) < 4.78 is 0. The Balaban J connectivity index is 4.33. The highest BCUT2D eigenvalue weighted by Gasteiger charge is 2.23. The second-order valence-electron chi connectivity index (χ2n) is 5.20. The van der Waals surface area contributed by atoms with Crippen molar-refractivity contribution in [3.8, 4) is 0 Å². The number of likely N-dealkylation sites (N-methyl/N-ethyl adjacent to an activating group) is 1. The Labute approximate surface area is 99.0 Å². The molecule has 96 valence electrons. The third-order valence-electron chi connectivity index (χ3n) is 2.98. The van der Waals surface area contributed by atoms with Crippen molar-refractivity contribution in [2.24, 2.45) is 11.8 Å². The van der Waals surface area contributed by atoms with Crippen LogP contribution in [0.5, 0.6) is 0 Å². The Hall–Kier alpha value is -0.610. The van der Waals surface area contributed by atoms with Crippen molar-refractivity contribution >= 4 is 5.97 Å². The van der Waals surface area contributed by atoms with Gasteiger partial charge >= 0.3 is 5.97 Å². The largest absolute Gasteiger partial charge is 0.481 e. The summed E-state index contributed by atoms with van der Waals surface area (Å²) in [5, 5.41) is 12.3. The number of hydrogen-bond acceptors (Lipinski definition) is 3. The first-order valence-electron chi connectivity index (χ1n) is 5.89. The molecular formula is C12H26N2O2. The van der Waals surface area contributed by atoms with Crippen LogP contribution in [0.15, 0.2) is 0 Å². The van der Waals surface area contributed by atoms with E-state index in [1.807, 2.05) is 21.0 Å². The van der Waals surface area contributed by atoms with Crippen molar-refractivity contribution in [2.45, 2.75) is 39.8 Å². The van der Waals surface area contributed by atoms with E-state index in [0.29, 0.717) is 12.0 Å². The average molecular weight is 230 g/mol. The van der Waals surface area contributed by atoms with Gasteiger partial charge in [0.2, 0.25) is 0 Å². The third-order valence-corrected chi connectivity index (χ3v) is 2.98. The minimum atomic E-state index is -0.743. The van der Waals surface area contributed by atoms with Crippen LogP contribution in [0, 0.1) is 11.8 Å². The van der Waals surface area contributed by atoms with Gasteiger partial charge in [-0.1, -0.05) is 20.8 Å². The molecule has 0 bridgehead atoms. The highest BCUT2D eigenvalue weighted by molar-refractivity contribution is 5.70. The van der Waals surface area contributed by atoms with Crippen LogP contribution in [0.1, 0.15) is 27.7 Å². The molecule has 16 heavy (non-hydrogen) atoms. The van der Waals surface area contributed by atoms with Gasteiger partial charge in [-0.2, -0.15) is 0 Å². The fourth-order valence-corrected chi connectivity index (χ4v) is 1.55. The van der Waals surface area contributed by atoms with E-state index in [0.717, 1.165) is 6.54 Å². The standard InChI is InChI=1S/C12H26N2O2/c1-8(2)11(7-14(5)6)13-10(4)9(3)12(15)16/h8-11,13H,7H2,1-6H3,(H,15,16). The first kappa shape index (κ1) is 15.4. The van der Waals surface area contributed by atoms with Crippen LogP contribution in [0.25, 0.3) is 0 Å². The first-order valence-corrected chi connectivity index (χ1v) is 5.89. The number of carbonyl (C=O) groups is 1. The van der Waals surface area contributed by atoms with Crippen molar-refractivity contribution in [3.63, 3.8) is 0 Å². The van der Waals surface area contributed by atoms with Crippen molar-refractivity contribution in [3.05, 3.63) is 0 Å². The van der Waals surface area contributed by atoms with Gasteiger partial charge in [0.15, 0.2) is 0 Å². The molecular weight excluding hydrogens is 204 g/mol. The highest BCUT2D eigenvalue weighted by atomic mass is 16.4. The summed E-state index contributed by atoms with van der Waals surface area (Å²) in [5.41, 5.74) is 0. The number of carboxylic acids is 1. The number of rotatable bonds is 7. The van der Waals surface area contributed by atoms with E-state index >= 15 is 0 Å². The predicted octanol–water partition coefficient (Wildman–Crippen LogP) is 1.27. The molecule has 4 heteroatoms. The van der Waals surface area contributed by atoms with Crippen LogP contribution >= 0.6 is 0 Å². The maximum absolute atomic E-state index is 10.9. The Morgan fingerprint density at radius 1 is 1.25 bits per heavy atom. The SMILES string of the molecule is CC(C)C(CN(C)C)NC(C)C(C)C(=O)O. The van der Waals surface area contributed by atoms with Gasteiger partial charge in [-0.3, -0.25) is 4.79 Å². The van der Waals surface area contributed by atoms with Gasteiger partial charge in [0.1, 0.15) is 0 Å². The van der Waals surface area contributed by atoms with Crippen molar-refractivity contribution in [1.29, 1.82) is 0 Å². The number of aliphatic carboxylic acids is 1. The topological polar surface area (TPSA) is 52.6 Å². The molecule has 0 fully saturated rings. The van der Waals surface area contributed by atoms with E-state index in [-0.39, 0.29) is 12.0 Å². The van der Waals surface area contributed by atoms with Gasteiger partial charge in [0, 0.05) is 18.6 Å². The summed E-state index contributed by atoms with van der Waals surface area (Å²) in [6.07, 6.45) is 0. The summed E-state index contributed by atoms with van der Waals surface area (Å²) >= 11 is 0. The zero-order valence-corrected chi connectivity index (χ0v) is 11.3. The summed E-state index contributed by atoms with van der Waals surface area (Å²) in [7, 11) is 4.06. The first-order chi connectivity index (χ1) is 7.25. The molecule has 0 aromatic rings. The van der Waals surface area contributed by atoms with Crippen LogP contribution in [0.2, 0.25) is 0 Å². The molecule has 0 saturated heterocycles. The lowest BCUT2D eigenvalue weighted by molar-refractivity contribution is -0.142. The predicted molar refractivity (Wildman–Crippen MR) is 66.6 cm³/mol. The van der Waals surface area contributed by atoms with Crippen molar-refractivity contribution < 1.29 is 9.90 Å². The van der Waals surface area contributed by atoms with E-state index in [1.165, 1.54) is 0 Å². The lowest BCUT2D eigenvalue weighted by Crippen LogP contribution is -2.49. The quantitative estimate of drug-likeness (QED) is 0.691. The van der Waals surface area contributed by atoms with Gasteiger partial charge in [-0.05, 0) is 26.9 Å². The maximum Gasteiger partial charge on any atom is 0.307 e. The smallest absolute Gasteiger partial charge is 0.307 e. The minimum absolute atomic E-state index is 0.00940. The zero-order valence-electron chi connectivity index (χ0n) is 11.3. The van der Waals surface area contributed by atoms with Crippen LogP contribution in [-0.2, 0) is 4.79 Å². The fourth-order valence-electron chi connectivity index (χ4n) is 1.55. The molecule has 0 aromatic heterocycles. The highest BCUT2D eigenvalue weighted by Crippen LogP contribution is 2.09. The lowest BCUT2D eigenvalue weighted by Gasteiger charge is -2.30. The maximum atomic E-state index is 10.9. The molecule has 0 heterocycles. The van der Waals surface area contributed by atoms with E-state index in [1.54, 1.807) is 6.92 Å². The van der Waals surface area contributed by atoms with Crippen molar-refractivity contribution in [1.82, 2.24) is 10.2 Å². The van der Waals surface area contributed by atoms with Crippen LogP contribution < -0.4 is 5.32 Å². The molecule has 0 rings (SSSR count). The monoisotopic (exact) mass is 230 g/mol. The van der Waals surface area contributed by atoms with Gasteiger partial charge < -0.3 is 15.3 Å². The van der Waals surface area contributed by atoms with Gasteiger partial charge in [-0.25, -0.2) is 0 Å². The Morgan fingerprint density at radius 2 is 1.75 bits per heavy atom. The molecule has 0 radical (unpaired) electrons. The van der Waals surface area contributed by atoms with E-state index in [9.17, 15) is 4.79 Å². The summed E-state index contributed by atoms with van der Waals surface area (Å²) in [6, 6.07) is 0.316. The van der Waals surface area contributed by atoms with E-state index in [2.05, 4.69) is 24.1 Å². The average Bonchev–Trinajstić information content (AvgIpc) is 2.14. The van der Waals surface area contributed by atoms with Crippen molar-refractivity contribution in [2.75, 3.05) is 20.6 Å². The van der Waals surface area contributed by atoms with E-state index < -0.39 is 5.97 Å². The normalized spacial score (nSPS) is 17.5. The molecule has 3 unspecified atom stereocenters. The van der Waals surface area contributed by atoms with Crippen LogP contribution in [-0.4, -0.2) is 48.7 Å².